The van der Waals surface area contributed by atoms with E-state index in [4.69, 9.17) is 9.47 Å². The molecule has 1 saturated carbocycles. The van der Waals surface area contributed by atoms with Crippen LogP contribution in [0.15, 0.2) is 42.7 Å². The molecule has 7 heteroatoms. The Bertz CT molecular complexity index is 1060. The van der Waals surface area contributed by atoms with Crippen LogP contribution >= 0.6 is 0 Å². The molecule has 4 rings (SSSR count). The third-order valence-corrected chi connectivity index (χ3v) is 6.08. The van der Waals surface area contributed by atoms with Gasteiger partial charge in [0.05, 0.1) is 19.7 Å². The lowest BCUT2D eigenvalue weighted by Gasteiger charge is -2.21. The SMILES string of the molecule is COc1cc2ncnc(Nc3ccc(NC(=O)CCC4CCCCC4)cc3)c2cc1OC. The quantitative estimate of drug-likeness (QED) is 0.474. The van der Waals surface area contributed by atoms with Gasteiger partial charge in [0.15, 0.2) is 11.5 Å². The highest BCUT2D eigenvalue weighted by Gasteiger charge is 2.15. The molecule has 0 atom stereocenters. The zero-order valence-corrected chi connectivity index (χ0v) is 18.7. The van der Waals surface area contributed by atoms with Crippen LogP contribution in [0.25, 0.3) is 10.9 Å². The summed E-state index contributed by atoms with van der Waals surface area (Å²) in [5.41, 5.74) is 2.41. The maximum Gasteiger partial charge on any atom is 0.224 e. The lowest BCUT2D eigenvalue weighted by Crippen LogP contribution is -2.14. The number of benzene rings is 2. The second-order valence-electron chi connectivity index (χ2n) is 8.24. The largest absolute Gasteiger partial charge is 0.493 e. The number of nitrogens with one attached hydrogen (secondary N) is 2. The summed E-state index contributed by atoms with van der Waals surface area (Å²) < 4.78 is 10.8. The topological polar surface area (TPSA) is 85.4 Å². The number of rotatable bonds is 8. The van der Waals surface area contributed by atoms with Crippen LogP contribution in [-0.2, 0) is 4.79 Å². The standard InChI is InChI=1S/C25H30N4O3/c1-31-22-14-20-21(15-23(22)32-2)26-16-27-25(20)29-19-11-9-18(10-12-19)28-24(30)13-8-17-6-4-3-5-7-17/h9-12,14-17H,3-8,13H2,1-2H3,(H,28,30)(H,26,27,29). The molecule has 1 fully saturated rings. The van der Waals surface area contributed by atoms with Gasteiger partial charge in [-0.3, -0.25) is 4.79 Å². The minimum Gasteiger partial charge on any atom is -0.493 e. The van der Waals surface area contributed by atoms with Crippen molar-refractivity contribution < 1.29 is 14.3 Å². The van der Waals surface area contributed by atoms with Gasteiger partial charge >= 0.3 is 0 Å². The highest BCUT2D eigenvalue weighted by molar-refractivity contribution is 5.93. The van der Waals surface area contributed by atoms with E-state index in [1.54, 1.807) is 14.2 Å². The minimum atomic E-state index is 0.0825. The number of nitrogens with zero attached hydrogens (tertiary/aromatic N) is 2. The fourth-order valence-electron chi connectivity index (χ4n) is 4.29. The lowest BCUT2D eigenvalue weighted by atomic mass is 9.86. The van der Waals surface area contributed by atoms with Crippen molar-refractivity contribution >= 4 is 34.0 Å². The zero-order valence-electron chi connectivity index (χ0n) is 18.7. The maximum atomic E-state index is 12.3. The Morgan fingerprint density at radius 2 is 1.66 bits per heavy atom. The number of amides is 1. The summed E-state index contributed by atoms with van der Waals surface area (Å²) in [6.45, 7) is 0. The molecule has 1 aliphatic carbocycles. The van der Waals surface area contributed by atoms with Crippen molar-refractivity contribution in [2.24, 2.45) is 5.92 Å². The number of carbonyl (C=O) groups excluding carboxylic acids is 1. The molecule has 168 valence electrons. The third kappa shape index (κ3) is 5.28. The first-order valence-electron chi connectivity index (χ1n) is 11.2. The molecule has 0 unspecified atom stereocenters. The van der Waals surface area contributed by atoms with Gasteiger partial charge in [0.25, 0.3) is 0 Å². The fraction of sp³-hybridized carbons (Fsp3) is 0.400. The number of hydrogen-bond donors (Lipinski definition) is 2. The van der Waals surface area contributed by atoms with Gasteiger partial charge in [-0.15, -0.1) is 0 Å². The summed E-state index contributed by atoms with van der Waals surface area (Å²) >= 11 is 0. The zero-order chi connectivity index (χ0) is 22.3. The van der Waals surface area contributed by atoms with E-state index in [0.717, 1.165) is 28.7 Å². The van der Waals surface area contributed by atoms with Crippen molar-refractivity contribution in [1.29, 1.82) is 0 Å². The Morgan fingerprint density at radius 1 is 0.969 bits per heavy atom. The molecular formula is C25H30N4O3. The van der Waals surface area contributed by atoms with Gasteiger partial charge < -0.3 is 20.1 Å². The Balaban J connectivity index is 1.40. The second kappa shape index (κ2) is 10.3. The van der Waals surface area contributed by atoms with Crippen molar-refractivity contribution in [3.63, 3.8) is 0 Å². The van der Waals surface area contributed by atoms with Crippen LogP contribution in [0.5, 0.6) is 11.5 Å². The molecular weight excluding hydrogens is 404 g/mol. The molecule has 0 radical (unpaired) electrons. The molecule has 0 aliphatic heterocycles. The number of anilines is 3. The number of aromatic nitrogens is 2. The van der Waals surface area contributed by atoms with Crippen LogP contribution < -0.4 is 20.1 Å². The van der Waals surface area contributed by atoms with E-state index in [9.17, 15) is 4.79 Å². The van der Waals surface area contributed by atoms with Crippen LogP contribution in [0.1, 0.15) is 44.9 Å². The van der Waals surface area contributed by atoms with Crippen molar-refractivity contribution in [2.75, 3.05) is 24.9 Å². The number of carbonyl (C=O) groups is 1. The summed E-state index contributed by atoms with van der Waals surface area (Å²) in [5.74, 6) is 2.69. The predicted molar refractivity (Wildman–Crippen MR) is 127 cm³/mol. The molecule has 0 saturated heterocycles. The van der Waals surface area contributed by atoms with Gasteiger partial charge in [0.2, 0.25) is 5.91 Å². The van der Waals surface area contributed by atoms with Gasteiger partial charge in [0.1, 0.15) is 12.1 Å². The molecule has 2 aromatic carbocycles. The number of fused-ring (bicyclic) bond motifs is 1. The highest BCUT2D eigenvalue weighted by atomic mass is 16.5. The van der Waals surface area contributed by atoms with Crippen LogP contribution in [-0.4, -0.2) is 30.1 Å². The smallest absolute Gasteiger partial charge is 0.224 e. The first kappa shape index (κ1) is 21.9. The lowest BCUT2D eigenvalue weighted by molar-refractivity contribution is -0.116. The van der Waals surface area contributed by atoms with Gasteiger partial charge in [-0.1, -0.05) is 32.1 Å². The van der Waals surface area contributed by atoms with E-state index in [0.29, 0.717) is 29.7 Å². The average molecular weight is 435 g/mol. The average Bonchev–Trinajstić information content (AvgIpc) is 2.84. The minimum absolute atomic E-state index is 0.0825. The van der Waals surface area contributed by atoms with Crippen LogP contribution in [0.3, 0.4) is 0 Å². The highest BCUT2D eigenvalue weighted by Crippen LogP contribution is 2.34. The molecule has 3 aromatic rings. The molecule has 1 heterocycles. The summed E-state index contributed by atoms with van der Waals surface area (Å²) in [6.07, 6.45) is 9.58. The first-order chi connectivity index (χ1) is 15.7. The van der Waals surface area contributed by atoms with Crippen LogP contribution in [0.4, 0.5) is 17.2 Å². The molecule has 2 N–H and O–H groups in total. The summed E-state index contributed by atoms with van der Waals surface area (Å²) in [4.78, 5) is 21.0. The molecule has 1 amide bonds. The van der Waals surface area contributed by atoms with Gasteiger partial charge in [-0.05, 0) is 42.7 Å². The number of ether oxygens (including phenoxy) is 2. The van der Waals surface area contributed by atoms with E-state index in [1.165, 1.54) is 38.4 Å². The van der Waals surface area contributed by atoms with Gasteiger partial charge in [0, 0.05) is 29.2 Å². The van der Waals surface area contributed by atoms with Gasteiger partial charge in [-0.25, -0.2) is 9.97 Å². The van der Waals surface area contributed by atoms with E-state index in [-0.39, 0.29) is 5.91 Å². The Kier molecular flexibility index (Phi) is 7.04. The molecule has 0 spiro atoms. The normalized spacial score (nSPS) is 14.2. The second-order valence-corrected chi connectivity index (χ2v) is 8.24. The summed E-state index contributed by atoms with van der Waals surface area (Å²) in [6, 6.07) is 11.3. The van der Waals surface area contributed by atoms with Crippen molar-refractivity contribution in [3.05, 3.63) is 42.7 Å². The molecule has 1 aromatic heterocycles. The predicted octanol–water partition coefficient (Wildman–Crippen LogP) is 5.69. The fourth-order valence-corrected chi connectivity index (χ4v) is 4.29. The Morgan fingerprint density at radius 3 is 2.38 bits per heavy atom. The summed E-state index contributed by atoms with van der Waals surface area (Å²) in [7, 11) is 3.20. The van der Waals surface area contributed by atoms with Crippen LogP contribution in [0.2, 0.25) is 0 Å². The molecule has 32 heavy (non-hydrogen) atoms. The van der Waals surface area contributed by atoms with Crippen LogP contribution in [0, 0.1) is 5.92 Å². The third-order valence-electron chi connectivity index (χ3n) is 6.08. The van der Waals surface area contributed by atoms with E-state index in [2.05, 4.69) is 20.6 Å². The number of methoxy groups -OCH3 is 2. The van der Waals surface area contributed by atoms with Crippen molar-refractivity contribution in [2.45, 2.75) is 44.9 Å². The van der Waals surface area contributed by atoms with Crippen molar-refractivity contribution in [3.8, 4) is 11.5 Å². The van der Waals surface area contributed by atoms with E-state index >= 15 is 0 Å². The molecule has 0 bridgehead atoms. The van der Waals surface area contributed by atoms with Gasteiger partial charge in [-0.2, -0.15) is 0 Å². The van der Waals surface area contributed by atoms with E-state index in [1.807, 2.05) is 36.4 Å². The molecule has 1 aliphatic rings. The summed E-state index contributed by atoms with van der Waals surface area (Å²) in [5, 5.41) is 7.16. The Labute approximate surface area is 188 Å². The molecule has 7 nitrogen and oxygen atoms in total. The van der Waals surface area contributed by atoms with E-state index < -0.39 is 0 Å². The maximum absolute atomic E-state index is 12.3. The monoisotopic (exact) mass is 434 g/mol. The first-order valence-corrected chi connectivity index (χ1v) is 11.2. The Hall–Kier alpha value is -3.35. The van der Waals surface area contributed by atoms with Crippen molar-refractivity contribution in [1.82, 2.24) is 9.97 Å². The number of hydrogen-bond acceptors (Lipinski definition) is 6.